The molecule has 2 N–H and O–H groups in total. The van der Waals surface area contributed by atoms with Crippen LogP contribution in [0, 0.1) is 22.7 Å². The fourth-order valence-corrected chi connectivity index (χ4v) is 2.96. The van der Waals surface area contributed by atoms with Crippen LogP contribution in [0.15, 0.2) is 60.7 Å². The van der Waals surface area contributed by atoms with E-state index in [-0.39, 0.29) is 11.8 Å². The summed E-state index contributed by atoms with van der Waals surface area (Å²) in [5, 5.41) is 23.8. The molecule has 0 aliphatic carbocycles. The lowest BCUT2D eigenvalue weighted by Gasteiger charge is -2.04. The van der Waals surface area contributed by atoms with Gasteiger partial charge in [0.05, 0.1) is 23.3 Å². The van der Waals surface area contributed by atoms with Gasteiger partial charge in [-0.2, -0.15) is 10.5 Å². The summed E-state index contributed by atoms with van der Waals surface area (Å²) in [5.74, 6) is -0.371. The van der Waals surface area contributed by atoms with E-state index < -0.39 is 0 Å². The molecular weight excluding hydrogens is 400 g/mol. The van der Waals surface area contributed by atoms with Crippen molar-refractivity contribution in [3.8, 4) is 12.1 Å². The third-order valence-corrected chi connectivity index (χ3v) is 4.69. The first-order valence-corrected chi connectivity index (χ1v) is 10.5. The molecule has 0 spiro atoms. The predicted octanol–water partition coefficient (Wildman–Crippen LogP) is 3.95. The van der Waals surface area contributed by atoms with Crippen molar-refractivity contribution in [3.63, 3.8) is 0 Å². The maximum absolute atomic E-state index is 11.9. The minimum absolute atomic E-state index is 0.185. The standard InChI is InChI=1S/C26H26N4O2/c27-19-23-11-5-3-9-21(23)13-15-25(31)29-17-7-1-2-8-18-30-26(32)16-14-22-10-4-6-12-24(22)20-28/h3-6,9-16H,1-2,7-8,17-18H2,(H,29,31)(H,30,32). The van der Waals surface area contributed by atoms with E-state index in [1.54, 1.807) is 48.6 Å². The maximum atomic E-state index is 11.9. The van der Waals surface area contributed by atoms with Gasteiger partial charge in [-0.15, -0.1) is 0 Å². The second kappa shape index (κ2) is 14.0. The van der Waals surface area contributed by atoms with Crippen molar-refractivity contribution >= 4 is 24.0 Å². The van der Waals surface area contributed by atoms with E-state index in [9.17, 15) is 9.59 Å². The van der Waals surface area contributed by atoms with E-state index in [1.165, 1.54) is 12.2 Å². The summed E-state index contributed by atoms with van der Waals surface area (Å²) in [7, 11) is 0. The van der Waals surface area contributed by atoms with Crippen LogP contribution in [0.4, 0.5) is 0 Å². The van der Waals surface area contributed by atoms with Crippen LogP contribution < -0.4 is 10.6 Å². The Kier molecular flexibility index (Phi) is 10.5. The second-order valence-corrected chi connectivity index (χ2v) is 7.06. The fraction of sp³-hybridized carbons (Fsp3) is 0.231. The van der Waals surface area contributed by atoms with Crippen LogP contribution in [0.3, 0.4) is 0 Å². The summed E-state index contributed by atoms with van der Waals surface area (Å²) in [6.45, 7) is 1.16. The summed E-state index contributed by atoms with van der Waals surface area (Å²) in [6, 6.07) is 18.4. The number of rotatable bonds is 11. The van der Waals surface area contributed by atoms with Crippen LogP contribution >= 0.6 is 0 Å². The molecule has 0 atom stereocenters. The van der Waals surface area contributed by atoms with Gasteiger partial charge in [-0.1, -0.05) is 49.2 Å². The SMILES string of the molecule is N#Cc1ccccc1C=CC(=O)NCCCCCCNC(=O)C=Cc1ccccc1C#N. The van der Waals surface area contributed by atoms with Crippen molar-refractivity contribution in [3.05, 3.63) is 82.9 Å². The summed E-state index contributed by atoms with van der Waals surface area (Å²) in [6.07, 6.45) is 9.77. The van der Waals surface area contributed by atoms with E-state index in [0.717, 1.165) is 36.8 Å². The van der Waals surface area contributed by atoms with Gasteiger partial charge in [-0.05, 0) is 48.3 Å². The molecule has 0 heterocycles. The Balaban J connectivity index is 1.55. The molecular formula is C26H26N4O2. The molecule has 0 bridgehead atoms. The van der Waals surface area contributed by atoms with Crippen molar-refractivity contribution in [2.75, 3.05) is 13.1 Å². The zero-order valence-electron chi connectivity index (χ0n) is 17.9. The quantitative estimate of drug-likeness (QED) is 0.419. The molecule has 162 valence electrons. The van der Waals surface area contributed by atoms with Crippen LogP contribution in [-0.2, 0) is 9.59 Å². The lowest BCUT2D eigenvalue weighted by Crippen LogP contribution is -2.23. The highest BCUT2D eigenvalue weighted by atomic mass is 16.2. The molecule has 2 aromatic rings. The molecule has 2 rings (SSSR count). The Morgan fingerprint density at radius 3 is 1.50 bits per heavy atom. The van der Waals surface area contributed by atoms with Gasteiger partial charge in [0.1, 0.15) is 0 Å². The molecule has 32 heavy (non-hydrogen) atoms. The Morgan fingerprint density at radius 2 is 1.09 bits per heavy atom. The van der Waals surface area contributed by atoms with Crippen LogP contribution in [0.5, 0.6) is 0 Å². The minimum Gasteiger partial charge on any atom is -0.353 e. The highest BCUT2D eigenvalue weighted by molar-refractivity contribution is 5.92. The molecule has 6 heteroatoms. The van der Waals surface area contributed by atoms with Gasteiger partial charge in [0.25, 0.3) is 0 Å². The van der Waals surface area contributed by atoms with Gasteiger partial charge < -0.3 is 10.6 Å². The van der Waals surface area contributed by atoms with Gasteiger partial charge >= 0.3 is 0 Å². The highest BCUT2D eigenvalue weighted by Gasteiger charge is 2.00. The number of carbonyl (C=O) groups excluding carboxylic acids is 2. The Hall–Kier alpha value is -4.16. The number of nitriles is 2. The molecule has 0 aliphatic heterocycles. The first-order valence-electron chi connectivity index (χ1n) is 10.5. The number of hydrogen-bond donors (Lipinski definition) is 2. The van der Waals surface area contributed by atoms with Gasteiger partial charge in [-0.25, -0.2) is 0 Å². The Bertz CT molecular complexity index is 972. The van der Waals surface area contributed by atoms with E-state index >= 15 is 0 Å². The average Bonchev–Trinajstić information content (AvgIpc) is 2.83. The number of benzene rings is 2. The van der Waals surface area contributed by atoms with E-state index in [2.05, 4.69) is 22.8 Å². The van der Waals surface area contributed by atoms with Crippen molar-refractivity contribution in [1.29, 1.82) is 10.5 Å². The smallest absolute Gasteiger partial charge is 0.243 e. The lowest BCUT2D eigenvalue weighted by atomic mass is 10.1. The molecule has 0 aliphatic rings. The van der Waals surface area contributed by atoms with Gasteiger partial charge in [0, 0.05) is 25.2 Å². The normalized spacial score (nSPS) is 10.6. The average molecular weight is 427 g/mol. The van der Waals surface area contributed by atoms with Gasteiger partial charge in [0.15, 0.2) is 0 Å². The highest BCUT2D eigenvalue weighted by Crippen LogP contribution is 2.10. The van der Waals surface area contributed by atoms with Crippen molar-refractivity contribution < 1.29 is 9.59 Å². The molecule has 2 amide bonds. The summed E-state index contributed by atoms with van der Waals surface area (Å²) in [4.78, 5) is 23.8. The van der Waals surface area contributed by atoms with Crippen molar-refractivity contribution in [1.82, 2.24) is 10.6 Å². The monoisotopic (exact) mass is 426 g/mol. The van der Waals surface area contributed by atoms with Crippen LogP contribution in [0.2, 0.25) is 0 Å². The zero-order chi connectivity index (χ0) is 23.0. The van der Waals surface area contributed by atoms with E-state index in [0.29, 0.717) is 24.2 Å². The second-order valence-electron chi connectivity index (χ2n) is 7.06. The number of nitrogens with zero attached hydrogens (tertiary/aromatic N) is 2. The first-order chi connectivity index (χ1) is 15.6. The largest absolute Gasteiger partial charge is 0.353 e. The van der Waals surface area contributed by atoms with Crippen LogP contribution in [-0.4, -0.2) is 24.9 Å². The zero-order valence-corrected chi connectivity index (χ0v) is 17.9. The molecule has 0 aromatic heterocycles. The molecule has 0 fully saturated rings. The van der Waals surface area contributed by atoms with E-state index in [1.807, 2.05) is 12.1 Å². The lowest BCUT2D eigenvalue weighted by molar-refractivity contribution is -0.117. The van der Waals surface area contributed by atoms with E-state index in [4.69, 9.17) is 10.5 Å². The summed E-state index contributed by atoms with van der Waals surface area (Å²) in [5.41, 5.74) is 2.50. The minimum atomic E-state index is -0.185. The topological polar surface area (TPSA) is 106 Å². The fourth-order valence-electron chi connectivity index (χ4n) is 2.96. The maximum Gasteiger partial charge on any atom is 0.243 e. The van der Waals surface area contributed by atoms with Crippen molar-refractivity contribution in [2.24, 2.45) is 0 Å². The number of nitrogens with one attached hydrogen (secondary N) is 2. The third kappa shape index (κ3) is 8.69. The number of amides is 2. The Labute approximate surface area is 188 Å². The third-order valence-electron chi connectivity index (χ3n) is 4.69. The molecule has 0 saturated heterocycles. The predicted molar refractivity (Wildman–Crippen MR) is 125 cm³/mol. The number of unbranched alkanes of at least 4 members (excludes halogenated alkanes) is 3. The molecule has 2 aromatic carbocycles. The van der Waals surface area contributed by atoms with Gasteiger partial charge in [0.2, 0.25) is 11.8 Å². The number of carbonyl (C=O) groups is 2. The Morgan fingerprint density at radius 1 is 0.688 bits per heavy atom. The molecule has 0 radical (unpaired) electrons. The molecule has 0 unspecified atom stereocenters. The summed E-state index contributed by atoms with van der Waals surface area (Å²) >= 11 is 0. The number of hydrogen-bond acceptors (Lipinski definition) is 4. The molecule has 0 saturated carbocycles. The van der Waals surface area contributed by atoms with Crippen molar-refractivity contribution in [2.45, 2.75) is 25.7 Å². The molecule has 6 nitrogen and oxygen atoms in total. The summed E-state index contributed by atoms with van der Waals surface area (Å²) < 4.78 is 0. The van der Waals surface area contributed by atoms with Crippen LogP contribution in [0.25, 0.3) is 12.2 Å². The van der Waals surface area contributed by atoms with Gasteiger partial charge in [-0.3, -0.25) is 9.59 Å². The van der Waals surface area contributed by atoms with Crippen LogP contribution in [0.1, 0.15) is 47.9 Å². The first kappa shape index (κ1) is 24.1.